The molecule has 9 aromatic rings. The molecule has 0 aliphatic heterocycles. The first-order valence-corrected chi connectivity index (χ1v) is 16.5. The zero-order valence-corrected chi connectivity index (χ0v) is 27.2. The van der Waals surface area contributed by atoms with Gasteiger partial charge in [0.2, 0.25) is 0 Å². The van der Waals surface area contributed by atoms with Crippen molar-refractivity contribution in [2.24, 2.45) is 0 Å². The molecule has 9 rings (SSSR count). The average molecular weight is 628 g/mol. The summed E-state index contributed by atoms with van der Waals surface area (Å²) in [6.07, 6.45) is 0. The smallest absolute Gasteiger partial charge is 0.164 e. The summed E-state index contributed by atoms with van der Waals surface area (Å²) in [5.41, 5.74) is 11.8. The van der Waals surface area contributed by atoms with Crippen molar-refractivity contribution < 1.29 is 13.9 Å². The molecule has 48 heavy (non-hydrogen) atoms. The van der Waals surface area contributed by atoms with E-state index in [0.717, 1.165) is 72.1 Å². The Labute approximate surface area is 276 Å². The minimum Gasteiger partial charge on any atom is -0.507 e. The number of phenols is 1. The Balaban J connectivity index is 1.34. The third-order valence-corrected chi connectivity index (χ3v) is 9.48. The van der Waals surface area contributed by atoms with E-state index in [1.54, 1.807) is 6.07 Å². The number of hydrogen-bond acceptors (Lipinski definition) is 5. The molecule has 0 saturated heterocycles. The molecule has 0 aliphatic carbocycles. The second-order valence-electron chi connectivity index (χ2n) is 13.1. The molecule has 4 heterocycles. The van der Waals surface area contributed by atoms with Crippen LogP contribution in [-0.4, -0.2) is 19.6 Å². The van der Waals surface area contributed by atoms with Gasteiger partial charge < -0.3 is 13.9 Å². The molecule has 0 atom stereocenters. The molecule has 0 radical (unpaired) electrons. The summed E-state index contributed by atoms with van der Waals surface area (Å²) < 4.78 is 15.1. The summed E-state index contributed by atoms with van der Waals surface area (Å²) in [5.74, 6) is 1.64. The van der Waals surface area contributed by atoms with Crippen LogP contribution in [-0.2, 0) is 0 Å². The zero-order chi connectivity index (χ0) is 32.7. The van der Waals surface area contributed by atoms with E-state index in [-0.39, 0.29) is 5.75 Å². The van der Waals surface area contributed by atoms with Crippen LogP contribution in [0.4, 0.5) is 0 Å². The molecule has 1 N–H and O–H groups in total. The van der Waals surface area contributed by atoms with Crippen LogP contribution in [0.5, 0.6) is 5.75 Å². The second-order valence-corrected chi connectivity index (χ2v) is 13.1. The largest absolute Gasteiger partial charge is 0.507 e. The number of phenolic OH excluding ortho intramolecular Hbond substituents is 1. The quantitative estimate of drug-likeness (QED) is 0.205. The molecular formula is C42H33N3O3. The van der Waals surface area contributed by atoms with Gasteiger partial charge in [-0.3, -0.25) is 4.57 Å². The van der Waals surface area contributed by atoms with Gasteiger partial charge in [-0.2, -0.15) is 0 Å². The molecule has 5 aromatic carbocycles. The van der Waals surface area contributed by atoms with Crippen LogP contribution in [0.2, 0.25) is 0 Å². The molecule has 0 unspecified atom stereocenters. The number of fused-ring (bicyclic) bond motifs is 8. The predicted octanol–water partition coefficient (Wildman–Crippen LogP) is 11.5. The average Bonchev–Trinajstić information content (AvgIpc) is 3.78. The fourth-order valence-corrected chi connectivity index (χ4v) is 7.20. The molecule has 0 saturated carbocycles. The van der Waals surface area contributed by atoms with Crippen molar-refractivity contribution in [3.63, 3.8) is 0 Å². The van der Waals surface area contributed by atoms with E-state index in [0.29, 0.717) is 17.4 Å². The Morgan fingerprint density at radius 1 is 0.625 bits per heavy atom. The van der Waals surface area contributed by atoms with E-state index in [2.05, 4.69) is 74.7 Å². The lowest BCUT2D eigenvalue weighted by Crippen LogP contribution is -2.09. The zero-order valence-electron chi connectivity index (χ0n) is 27.2. The van der Waals surface area contributed by atoms with Crippen molar-refractivity contribution in [1.82, 2.24) is 14.5 Å². The van der Waals surface area contributed by atoms with Gasteiger partial charge in [0.05, 0.1) is 22.1 Å². The van der Waals surface area contributed by atoms with E-state index in [1.165, 1.54) is 16.8 Å². The van der Waals surface area contributed by atoms with E-state index in [9.17, 15) is 5.11 Å². The fourth-order valence-electron chi connectivity index (χ4n) is 7.20. The number of pyridine rings is 1. The van der Waals surface area contributed by atoms with E-state index < -0.39 is 0 Å². The molecule has 6 heteroatoms. The Morgan fingerprint density at radius 2 is 1.29 bits per heavy atom. The first-order valence-electron chi connectivity index (χ1n) is 16.5. The Kier molecular flexibility index (Phi) is 6.25. The number of furan rings is 2. The number of aromatic hydroxyl groups is 1. The molecule has 4 aromatic heterocycles. The molecule has 0 bridgehead atoms. The van der Waals surface area contributed by atoms with Crippen molar-refractivity contribution in [2.75, 3.05) is 0 Å². The minimum atomic E-state index is 0.234. The van der Waals surface area contributed by atoms with Crippen LogP contribution in [0.15, 0.2) is 118 Å². The van der Waals surface area contributed by atoms with Crippen molar-refractivity contribution in [3.8, 4) is 34.1 Å². The third kappa shape index (κ3) is 4.19. The molecule has 0 spiro atoms. The first-order chi connectivity index (χ1) is 23.4. The molecule has 6 nitrogen and oxygen atoms in total. The monoisotopic (exact) mass is 627 g/mol. The van der Waals surface area contributed by atoms with Crippen molar-refractivity contribution >= 4 is 55.0 Å². The Bertz CT molecular complexity index is 2680. The summed E-state index contributed by atoms with van der Waals surface area (Å²) in [5, 5.41) is 13.4. The fraction of sp³-hybridized carbons (Fsp3) is 0.143. The number of para-hydroxylation sites is 4. The second kappa shape index (κ2) is 10.6. The van der Waals surface area contributed by atoms with Crippen LogP contribution >= 0.6 is 0 Å². The van der Waals surface area contributed by atoms with Gasteiger partial charge in [0.15, 0.2) is 11.4 Å². The number of benzene rings is 5. The lowest BCUT2D eigenvalue weighted by molar-refractivity contribution is 0.477. The van der Waals surface area contributed by atoms with Gasteiger partial charge in [0, 0.05) is 16.3 Å². The van der Waals surface area contributed by atoms with Crippen LogP contribution in [0.25, 0.3) is 83.4 Å². The maximum absolute atomic E-state index is 10.6. The standard InChI is InChI=1S/C42H33N3O3/c1-23(2)26-11-9-12-27(24(3)4)41(26)45-32-14-7-6-13-30(32)44-42(45)31-17-19-37-40(43-31)39-36(48-37)21-20-35-38(39)29-22-25(16-18-34(29)47-35)28-10-5-8-15-33(28)46/h5-24,46H,1-4H3. The van der Waals surface area contributed by atoms with Gasteiger partial charge in [-0.25, -0.2) is 9.97 Å². The van der Waals surface area contributed by atoms with Gasteiger partial charge in [-0.05, 0) is 83.1 Å². The van der Waals surface area contributed by atoms with Gasteiger partial charge in [0.1, 0.15) is 33.7 Å². The minimum absolute atomic E-state index is 0.234. The molecule has 0 aliphatic rings. The Morgan fingerprint density at radius 3 is 2.06 bits per heavy atom. The SMILES string of the molecule is CC(C)c1cccc(C(C)C)c1-n1c(-c2ccc3oc4ccc5oc6ccc(-c7ccccc7O)cc6c5c4c3n2)nc2ccccc21. The lowest BCUT2D eigenvalue weighted by Gasteiger charge is -2.22. The Hall–Kier alpha value is -5.88. The molecule has 0 fully saturated rings. The van der Waals surface area contributed by atoms with Crippen molar-refractivity contribution in [3.05, 3.63) is 120 Å². The van der Waals surface area contributed by atoms with Crippen molar-refractivity contribution in [2.45, 2.75) is 39.5 Å². The highest BCUT2D eigenvalue weighted by molar-refractivity contribution is 6.25. The maximum atomic E-state index is 10.6. The van der Waals surface area contributed by atoms with Gasteiger partial charge in [-0.15, -0.1) is 0 Å². The third-order valence-electron chi connectivity index (χ3n) is 9.48. The normalized spacial score (nSPS) is 12.2. The highest BCUT2D eigenvalue weighted by atomic mass is 16.3. The topological polar surface area (TPSA) is 77.2 Å². The van der Waals surface area contributed by atoms with Crippen LogP contribution in [0, 0.1) is 0 Å². The van der Waals surface area contributed by atoms with Crippen LogP contribution in [0.3, 0.4) is 0 Å². The predicted molar refractivity (Wildman–Crippen MR) is 194 cm³/mol. The summed E-state index contributed by atoms with van der Waals surface area (Å²) >= 11 is 0. The van der Waals surface area contributed by atoms with Gasteiger partial charge in [-0.1, -0.05) is 82.3 Å². The number of rotatable bonds is 5. The molecule has 234 valence electrons. The number of nitrogens with zero attached hydrogens (tertiary/aromatic N) is 3. The highest BCUT2D eigenvalue weighted by Crippen LogP contribution is 2.43. The highest BCUT2D eigenvalue weighted by Gasteiger charge is 2.24. The summed E-state index contributed by atoms with van der Waals surface area (Å²) in [6.45, 7) is 8.98. The van der Waals surface area contributed by atoms with Crippen LogP contribution in [0.1, 0.15) is 50.7 Å². The first kappa shape index (κ1) is 28.4. The molecule has 0 amide bonds. The van der Waals surface area contributed by atoms with E-state index in [4.69, 9.17) is 18.8 Å². The summed E-state index contributed by atoms with van der Waals surface area (Å²) in [7, 11) is 0. The van der Waals surface area contributed by atoms with Crippen LogP contribution < -0.4 is 0 Å². The lowest BCUT2D eigenvalue weighted by atomic mass is 9.92. The summed E-state index contributed by atoms with van der Waals surface area (Å²) in [6, 6.07) is 36.3. The van der Waals surface area contributed by atoms with Gasteiger partial charge in [0.25, 0.3) is 0 Å². The summed E-state index contributed by atoms with van der Waals surface area (Å²) in [4.78, 5) is 10.6. The number of aromatic nitrogens is 3. The van der Waals surface area contributed by atoms with Gasteiger partial charge >= 0.3 is 0 Å². The van der Waals surface area contributed by atoms with E-state index in [1.807, 2.05) is 60.7 Å². The number of imidazole rings is 1. The number of hydrogen-bond donors (Lipinski definition) is 1. The van der Waals surface area contributed by atoms with Crippen molar-refractivity contribution in [1.29, 1.82) is 0 Å². The maximum Gasteiger partial charge on any atom is 0.164 e. The van der Waals surface area contributed by atoms with E-state index >= 15 is 0 Å². The molecular weight excluding hydrogens is 594 g/mol.